The minimum Gasteiger partial charge on any atom is -0.444 e. The highest BCUT2D eigenvalue weighted by Crippen LogP contribution is 2.25. The van der Waals surface area contributed by atoms with Crippen molar-refractivity contribution in [1.29, 1.82) is 0 Å². The number of rotatable bonds is 2. The fourth-order valence-electron chi connectivity index (χ4n) is 1.95. The molecule has 0 aliphatic carbocycles. The third-order valence-corrected chi connectivity index (χ3v) is 3.26. The fraction of sp³-hybridized carbons (Fsp3) is 0.917. The summed E-state index contributed by atoms with van der Waals surface area (Å²) in [5.74, 6) is 0. The zero-order valence-corrected chi connectivity index (χ0v) is 11.5. The molecule has 18 heavy (non-hydrogen) atoms. The molecule has 1 aliphatic heterocycles. The molecule has 1 saturated heterocycles. The Bertz CT molecular complexity index is 317. The van der Waals surface area contributed by atoms with Crippen LogP contribution < -0.4 is 5.18 Å². The molecular weight excluding hydrogens is 236 g/mol. The van der Waals surface area contributed by atoms with E-state index in [9.17, 15) is 14.8 Å². The first-order valence-electron chi connectivity index (χ1n) is 6.26. The molecule has 104 valence electrons. The molecule has 2 N–H and O–H groups in total. The number of amides is 1. The Morgan fingerprint density at radius 3 is 2.28 bits per heavy atom. The van der Waals surface area contributed by atoms with Crippen LogP contribution in [0.25, 0.3) is 0 Å². The second kappa shape index (κ2) is 5.22. The molecule has 0 radical (unpaired) electrons. The number of piperidine rings is 1. The lowest BCUT2D eigenvalue weighted by molar-refractivity contribution is -0.546. The van der Waals surface area contributed by atoms with Gasteiger partial charge in [-0.3, -0.25) is 0 Å². The minimum atomic E-state index is -1.04. The summed E-state index contributed by atoms with van der Waals surface area (Å²) in [4.78, 5) is 24.0. The predicted molar refractivity (Wildman–Crippen MR) is 65.8 cm³/mol. The number of nitrogens with zero attached hydrogens (tertiary/aromatic N) is 1. The van der Waals surface area contributed by atoms with Gasteiger partial charge in [-0.05, 0) is 25.9 Å². The lowest BCUT2D eigenvalue weighted by Crippen LogP contribution is -2.79. The van der Waals surface area contributed by atoms with Crippen LogP contribution in [0.5, 0.6) is 0 Å². The second-order valence-corrected chi connectivity index (χ2v) is 5.91. The van der Waals surface area contributed by atoms with Crippen molar-refractivity contribution in [3.63, 3.8) is 0 Å². The highest BCUT2D eigenvalue weighted by atomic mass is 16.6. The highest BCUT2D eigenvalue weighted by Gasteiger charge is 2.43. The monoisotopic (exact) mass is 259 g/mol. The first-order valence-corrected chi connectivity index (χ1v) is 6.26. The van der Waals surface area contributed by atoms with Crippen molar-refractivity contribution in [2.45, 2.75) is 57.8 Å². The van der Waals surface area contributed by atoms with Gasteiger partial charge in [0, 0.05) is 37.8 Å². The number of hydrogen-bond acceptors (Lipinski definition) is 4. The molecule has 1 amide bonds. The van der Waals surface area contributed by atoms with Gasteiger partial charge in [-0.1, -0.05) is 0 Å². The van der Waals surface area contributed by atoms with Gasteiger partial charge in [0.15, 0.2) is 0 Å². The smallest absolute Gasteiger partial charge is 0.410 e. The first kappa shape index (κ1) is 14.9. The molecule has 1 aliphatic rings. The summed E-state index contributed by atoms with van der Waals surface area (Å²) in [6.45, 7) is 7.89. The van der Waals surface area contributed by atoms with Gasteiger partial charge < -0.3 is 14.7 Å². The molecule has 1 rings (SSSR count). The average molecular weight is 259 g/mol. The SMILES string of the molecule is CC([NH+]=O)C1(O)CCN(C(=O)OC(C)(C)C)CC1. The summed E-state index contributed by atoms with van der Waals surface area (Å²) in [7, 11) is 0. The van der Waals surface area contributed by atoms with Crippen LogP contribution in [0.3, 0.4) is 0 Å². The van der Waals surface area contributed by atoms with Crippen molar-refractivity contribution in [2.24, 2.45) is 0 Å². The van der Waals surface area contributed by atoms with Crippen LogP contribution in [0, 0.1) is 4.91 Å². The zero-order valence-electron chi connectivity index (χ0n) is 11.5. The molecule has 0 aromatic rings. The number of nitrogens with one attached hydrogen (secondary N) is 1. The van der Waals surface area contributed by atoms with E-state index in [-0.39, 0.29) is 6.09 Å². The van der Waals surface area contributed by atoms with Crippen molar-refractivity contribution in [2.75, 3.05) is 13.1 Å². The maximum Gasteiger partial charge on any atom is 0.410 e. The van der Waals surface area contributed by atoms with E-state index in [1.807, 2.05) is 25.9 Å². The molecule has 0 bridgehead atoms. The van der Waals surface area contributed by atoms with Crippen LogP contribution in [-0.4, -0.2) is 46.4 Å². The quantitative estimate of drug-likeness (QED) is 0.730. The molecule has 6 heteroatoms. The van der Waals surface area contributed by atoms with Crippen LogP contribution in [0.1, 0.15) is 40.5 Å². The molecule has 0 aromatic heterocycles. The fourth-order valence-corrected chi connectivity index (χ4v) is 1.95. The summed E-state index contributed by atoms with van der Waals surface area (Å²) in [5, 5.41) is 12.1. The van der Waals surface area contributed by atoms with Crippen molar-refractivity contribution in [1.82, 2.24) is 4.90 Å². The molecule has 6 nitrogen and oxygen atoms in total. The number of hydrogen-bond donors (Lipinski definition) is 2. The van der Waals surface area contributed by atoms with Gasteiger partial charge in [0.05, 0.1) is 0 Å². The second-order valence-electron chi connectivity index (χ2n) is 5.91. The van der Waals surface area contributed by atoms with Crippen molar-refractivity contribution in [3.8, 4) is 0 Å². The highest BCUT2D eigenvalue weighted by molar-refractivity contribution is 5.68. The third kappa shape index (κ3) is 3.66. The molecule has 1 heterocycles. The standard InChI is InChI=1S/C12H22N2O4/c1-9(13-17)12(16)5-7-14(8-6-12)10(15)18-11(2,3)4/h9,16H,5-8H2,1-4H3/p+1. The van der Waals surface area contributed by atoms with E-state index in [4.69, 9.17) is 4.74 Å². The molecule has 1 fully saturated rings. The zero-order chi connectivity index (χ0) is 14.0. The Balaban J connectivity index is 2.54. The van der Waals surface area contributed by atoms with Crippen LogP contribution in [0.4, 0.5) is 4.79 Å². The van der Waals surface area contributed by atoms with Gasteiger partial charge >= 0.3 is 6.09 Å². The molecule has 1 unspecified atom stereocenters. The summed E-state index contributed by atoms with van der Waals surface area (Å²) in [6.07, 6.45) is 0.387. The topological polar surface area (TPSA) is 80.8 Å². The number of likely N-dealkylation sites (tertiary alicyclic amines) is 1. The van der Waals surface area contributed by atoms with Crippen LogP contribution in [0.15, 0.2) is 0 Å². The molecule has 0 saturated carbocycles. The minimum absolute atomic E-state index is 0.368. The maximum atomic E-state index is 11.8. The number of nitroso groups, excluding NO2 is 1. The average Bonchev–Trinajstić information content (AvgIpc) is 2.26. The Morgan fingerprint density at radius 2 is 1.89 bits per heavy atom. The molecule has 0 spiro atoms. The van der Waals surface area contributed by atoms with Crippen molar-refractivity contribution in [3.05, 3.63) is 4.91 Å². The summed E-state index contributed by atoms with van der Waals surface area (Å²) in [5.41, 5.74) is -1.56. The first-order chi connectivity index (χ1) is 8.18. The number of aliphatic hydroxyl groups is 1. The Labute approximate surface area is 107 Å². The van der Waals surface area contributed by atoms with Gasteiger partial charge in [-0.2, -0.15) is 0 Å². The van der Waals surface area contributed by atoms with Gasteiger partial charge in [0.25, 0.3) is 0 Å². The van der Waals surface area contributed by atoms with E-state index >= 15 is 0 Å². The molecule has 1 atom stereocenters. The van der Waals surface area contributed by atoms with Gasteiger partial charge in [0.1, 0.15) is 11.2 Å². The van der Waals surface area contributed by atoms with E-state index in [1.165, 1.54) is 0 Å². The van der Waals surface area contributed by atoms with Crippen LogP contribution >= 0.6 is 0 Å². The van der Waals surface area contributed by atoms with E-state index in [0.717, 1.165) is 0 Å². The summed E-state index contributed by atoms with van der Waals surface area (Å²) < 4.78 is 5.26. The van der Waals surface area contributed by atoms with E-state index in [0.29, 0.717) is 25.9 Å². The Morgan fingerprint density at radius 1 is 1.39 bits per heavy atom. The largest absolute Gasteiger partial charge is 0.444 e. The number of ether oxygens (including phenoxy) is 1. The van der Waals surface area contributed by atoms with E-state index in [2.05, 4.69) is 0 Å². The van der Waals surface area contributed by atoms with Gasteiger partial charge in [-0.15, -0.1) is 0 Å². The Hall–Kier alpha value is -1.17. The predicted octanol–water partition coefficient (Wildman–Crippen LogP) is -0.0161. The van der Waals surface area contributed by atoms with Crippen LogP contribution in [0.2, 0.25) is 0 Å². The lowest BCUT2D eigenvalue weighted by Gasteiger charge is -2.37. The van der Waals surface area contributed by atoms with Gasteiger partial charge in [0.2, 0.25) is 6.04 Å². The van der Waals surface area contributed by atoms with Gasteiger partial charge in [-0.25, -0.2) is 4.79 Å². The summed E-state index contributed by atoms with van der Waals surface area (Å²) >= 11 is 0. The van der Waals surface area contributed by atoms with E-state index in [1.54, 1.807) is 11.8 Å². The van der Waals surface area contributed by atoms with Crippen LogP contribution in [-0.2, 0) is 4.74 Å². The normalized spacial score (nSPS) is 21.3. The van der Waals surface area contributed by atoms with E-state index < -0.39 is 17.2 Å². The molecular formula is C12H23N2O4+. The third-order valence-electron chi connectivity index (χ3n) is 3.26. The maximum absolute atomic E-state index is 11.8. The summed E-state index contributed by atoms with van der Waals surface area (Å²) in [6, 6.07) is -0.529. The Kier molecular flexibility index (Phi) is 4.32. The molecule has 0 aromatic carbocycles. The van der Waals surface area contributed by atoms with Crippen molar-refractivity contribution < 1.29 is 19.8 Å². The number of carbonyl (C=O) groups excluding carboxylic acids is 1. The van der Waals surface area contributed by atoms with Crippen molar-refractivity contribution >= 4 is 6.09 Å². The lowest BCUT2D eigenvalue weighted by atomic mass is 9.86. The number of carbonyl (C=O) groups is 1.